The Morgan fingerprint density at radius 2 is 1.10 bits per heavy atom. The van der Waals surface area contributed by atoms with Gasteiger partial charge in [0.2, 0.25) is 5.39 Å². The number of carbonyl (C=O) groups is 3. The normalized spacial score (nSPS) is 17.7. The number of fused-ring (bicyclic) bond motifs is 5. The predicted octanol–water partition coefficient (Wildman–Crippen LogP) is 9.93. The maximum atomic E-state index is 14.2. The van der Waals surface area contributed by atoms with Gasteiger partial charge in [-0.1, -0.05) is 146 Å². The number of likely N-dealkylation sites (N-methyl/N-ethyl adjacent to an activating group) is 2. The summed E-state index contributed by atoms with van der Waals surface area (Å²) in [6, 6.07) is 23.3. The number of aromatic nitrogens is 2. The van der Waals surface area contributed by atoms with E-state index in [1.807, 2.05) is 42.5 Å². The predicted molar refractivity (Wildman–Crippen MR) is 286 cm³/mol. The molecule has 2 aromatic heterocycles. The van der Waals surface area contributed by atoms with Crippen LogP contribution in [0.5, 0.6) is 0 Å². The van der Waals surface area contributed by atoms with Gasteiger partial charge in [-0.25, -0.2) is 24.4 Å². The zero-order valence-corrected chi connectivity index (χ0v) is 43.7. The number of carbonyl (C=O) groups excluding carboxylic acids is 3. The third-order valence-corrected chi connectivity index (χ3v) is 12.8. The highest BCUT2D eigenvalue weighted by molar-refractivity contribution is 5.89. The summed E-state index contributed by atoms with van der Waals surface area (Å²) in [6.45, 7) is 14.4. The van der Waals surface area contributed by atoms with Gasteiger partial charge in [-0.05, 0) is 105 Å². The van der Waals surface area contributed by atoms with Crippen LogP contribution in [0.4, 0.5) is 0 Å². The molecule has 0 fully saturated rings. The lowest BCUT2D eigenvalue weighted by Crippen LogP contribution is -2.40. The SMILES string of the molecule is C=C/C=C1/CN(C)CC(=O)ON2OC(=O)c3cc(C#Cc4ccc(CCCCCCCC)cc4)cc(n3)CN(CC)CCN(CCN1)Cc1cc(C#Cc3ccc(CCCCCCCC)cc3)cc(n1)C(=O)O2. The molecule has 0 saturated heterocycles. The average molecular weight is 990 g/mol. The summed E-state index contributed by atoms with van der Waals surface area (Å²) < 4.78 is 0. The van der Waals surface area contributed by atoms with Gasteiger partial charge >= 0.3 is 17.9 Å². The minimum absolute atomic E-state index is 0.125. The van der Waals surface area contributed by atoms with Crippen LogP contribution in [-0.4, -0.2) is 101 Å². The molecule has 13 nitrogen and oxygen atoms in total. The molecule has 1 N–H and O–H groups in total. The molecule has 4 aromatic rings. The standard InChI is InChI=1S/C60H75N7O6/c1-6-10-12-14-16-18-21-47-23-27-49(28-24-47)31-33-51-39-54-44-65(9-4)37-38-66-36-35-61-53(20-8-3)43-64(5)46-58(68)71-67(72-59(69)56(41-51)62-54)73-60(70)57-42-52(40-55(45-66)63-57)34-32-50-29-25-48(26-30-50)22-19-17-15-13-11-7-2/h8,20,23-30,39-42,61H,3,6-7,9-19,21-22,35-38,43-46H2,1-2,4-5H3/b53-20-. The van der Waals surface area contributed by atoms with E-state index in [1.54, 1.807) is 18.0 Å². The Morgan fingerprint density at radius 1 is 0.589 bits per heavy atom. The molecule has 6 rings (SSSR count). The van der Waals surface area contributed by atoms with Crippen LogP contribution >= 0.6 is 0 Å². The van der Waals surface area contributed by atoms with Crippen molar-refractivity contribution in [2.24, 2.45) is 0 Å². The lowest BCUT2D eigenvalue weighted by atomic mass is 10.0. The number of unbranched alkanes of at least 4 members (excludes halogenated alkanes) is 10. The van der Waals surface area contributed by atoms with Crippen molar-refractivity contribution < 1.29 is 28.9 Å². The average Bonchev–Trinajstić information content (AvgIpc) is 3.38. The van der Waals surface area contributed by atoms with Crippen LogP contribution in [0.15, 0.2) is 97.2 Å². The molecule has 0 radical (unpaired) electrons. The topological polar surface area (TPSA) is 130 Å². The molecule has 4 heterocycles. The maximum Gasteiger partial charge on any atom is 0.382 e. The second-order valence-corrected chi connectivity index (χ2v) is 19.0. The van der Waals surface area contributed by atoms with E-state index in [4.69, 9.17) is 24.5 Å². The van der Waals surface area contributed by atoms with Crippen molar-refractivity contribution in [2.45, 2.75) is 124 Å². The first-order valence-electron chi connectivity index (χ1n) is 26.5. The van der Waals surface area contributed by atoms with Gasteiger partial charge < -0.3 is 5.32 Å². The molecule has 6 bridgehead atoms. The van der Waals surface area contributed by atoms with Crippen molar-refractivity contribution in [3.8, 4) is 23.7 Å². The second kappa shape index (κ2) is 30.4. The van der Waals surface area contributed by atoms with Crippen molar-refractivity contribution in [1.29, 1.82) is 0 Å². The number of benzene rings is 2. The Labute approximate surface area is 434 Å². The number of aryl methyl sites for hydroxylation is 2. The Morgan fingerprint density at radius 3 is 1.62 bits per heavy atom. The molecule has 2 aromatic carbocycles. The zero-order valence-electron chi connectivity index (χ0n) is 43.7. The first-order chi connectivity index (χ1) is 35.6. The number of pyridine rings is 2. The maximum absolute atomic E-state index is 14.2. The molecule has 13 heteroatoms. The highest BCUT2D eigenvalue weighted by Gasteiger charge is 2.28. The summed E-state index contributed by atoms with van der Waals surface area (Å²) in [4.78, 5) is 74.2. The van der Waals surface area contributed by atoms with Crippen molar-refractivity contribution in [2.75, 3.05) is 52.9 Å². The molecule has 2 atom stereocenters. The van der Waals surface area contributed by atoms with E-state index in [0.717, 1.165) is 42.5 Å². The molecule has 2 aliphatic heterocycles. The molecule has 2 unspecified atom stereocenters. The molecular weight excluding hydrogens is 915 g/mol. The third-order valence-electron chi connectivity index (χ3n) is 12.8. The highest BCUT2D eigenvalue weighted by Crippen LogP contribution is 2.18. The van der Waals surface area contributed by atoms with Crippen molar-refractivity contribution in [3.63, 3.8) is 0 Å². The van der Waals surface area contributed by atoms with Crippen molar-refractivity contribution in [3.05, 3.63) is 153 Å². The van der Waals surface area contributed by atoms with Gasteiger partial charge in [0, 0.05) is 73.8 Å². The Kier molecular flexibility index (Phi) is 23.2. The number of hydrogen-bond acceptors (Lipinski definition) is 13. The summed E-state index contributed by atoms with van der Waals surface area (Å²) in [7, 11) is 1.74. The number of nitrogens with one attached hydrogen (secondary N) is 1. The fourth-order valence-electron chi connectivity index (χ4n) is 8.72. The minimum Gasteiger partial charge on any atom is -0.386 e. The molecule has 0 aliphatic carbocycles. The number of rotatable bonds is 16. The molecule has 73 heavy (non-hydrogen) atoms. The Bertz CT molecular complexity index is 2590. The number of allylic oxidation sites excluding steroid dienone is 2. The number of nitrogens with zero attached hydrogens (tertiary/aromatic N) is 6. The summed E-state index contributed by atoms with van der Waals surface area (Å²) in [6.07, 6.45) is 20.6. The van der Waals surface area contributed by atoms with Gasteiger partial charge in [0.25, 0.3) is 0 Å². The minimum atomic E-state index is -1.04. The van der Waals surface area contributed by atoms with Crippen LogP contribution in [0.3, 0.4) is 0 Å². The van der Waals surface area contributed by atoms with Gasteiger partial charge in [-0.15, -0.1) is 0 Å². The number of hydrogen-bond donors (Lipinski definition) is 1. The van der Waals surface area contributed by atoms with E-state index in [0.29, 0.717) is 74.9 Å². The van der Waals surface area contributed by atoms with Crippen LogP contribution in [0, 0.1) is 23.7 Å². The fourth-order valence-corrected chi connectivity index (χ4v) is 8.72. The van der Waals surface area contributed by atoms with Crippen molar-refractivity contribution >= 4 is 17.9 Å². The monoisotopic (exact) mass is 990 g/mol. The van der Waals surface area contributed by atoms with E-state index in [2.05, 4.69) is 90.4 Å². The second-order valence-electron chi connectivity index (χ2n) is 19.0. The largest absolute Gasteiger partial charge is 0.386 e. The molecular formula is C60H75N7O6. The zero-order chi connectivity index (χ0) is 51.6. The molecule has 0 amide bonds. The summed E-state index contributed by atoms with van der Waals surface area (Å²) in [5.74, 6) is 10.0. The summed E-state index contributed by atoms with van der Waals surface area (Å²) in [5, 5.41) is 3.66. The van der Waals surface area contributed by atoms with E-state index in [-0.39, 0.29) is 23.3 Å². The van der Waals surface area contributed by atoms with E-state index >= 15 is 0 Å². The molecule has 0 saturated carbocycles. The van der Waals surface area contributed by atoms with Gasteiger partial charge in [0.05, 0.1) is 17.9 Å². The van der Waals surface area contributed by atoms with Gasteiger partial charge in [-0.3, -0.25) is 29.2 Å². The Hall–Kier alpha value is -6.61. The van der Waals surface area contributed by atoms with E-state index in [1.165, 1.54) is 87.5 Å². The first kappa shape index (κ1) is 55.7. The van der Waals surface area contributed by atoms with Crippen LogP contribution in [0.2, 0.25) is 0 Å². The molecule has 386 valence electrons. The van der Waals surface area contributed by atoms with Crippen LogP contribution in [0.1, 0.15) is 164 Å². The van der Waals surface area contributed by atoms with E-state index in [9.17, 15) is 14.4 Å². The van der Waals surface area contributed by atoms with Crippen LogP contribution in [-0.2, 0) is 45.2 Å². The van der Waals surface area contributed by atoms with Crippen molar-refractivity contribution in [1.82, 2.24) is 35.4 Å². The Balaban J connectivity index is 1.31. The lowest BCUT2D eigenvalue weighted by Gasteiger charge is -2.27. The smallest absolute Gasteiger partial charge is 0.382 e. The first-order valence-corrected chi connectivity index (χ1v) is 26.5. The molecule has 0 spiro atoms. The van der Waals surface area contributed by atoms with Gasteiger partial charge in [-0.2, -0.15) is 0 Å². The highest BCUT2D eigenvalue weighted by atomic mass is 17.2. The molecule has 2 aliphatic rings. The summed E-state index contributed by atoms with van der Waals surface area (Å²) >= 11 is 0. The quantitative estimate of drug-likeness (QED) is 0.0846. The van der Waals surface area contributed by atoms with Gasteiger partial charge in [0.1, 0.15) is 0 Å². The third kappa shape index (κ3) is 19.7. The van der Waals surface area contributed by atoms with Gasteiger partial charge in [0.15, 0.2) is 11.4 Å². The summed E-state index contributed by atoms with van der Waals surface area (Å²) in [5.41, 5.74) is 6.98. The fraction of sp³-hybridized carbons (Fsp3) is 0.450. The van der Waals surface area contributed by atoms with Crippen LogP contribution < -0.4 is 5.32 Å². The lowest BCUT2D eigenvalue weighted by molar-refractivity contribution is -0.454. The van der Waals surface area contributed by atoms with Crippen LogP contribution in [0.25, 0.3) is 0 Å². The van der Waals surface area contributed by atoms with E-state index < -0.39 is 17.9 Å².